The van der Waals surface area contributed by atoms with E-state index in [1.165, 1.54) is 88.2 Å². The van der Waals surface area contributed by atoms with Crippen LogP contribution in [0.3, 0.4) is 0 Å². The molecular weight excluding hydrogens is 519 g/mol. The Morgan fingerprint density at radius 1 is 0.659 bits per heavy atom. The SMILES string of the molecule is CCCCCCCCc1ccc(O)c(C(C)c2ccc(P(=O)(CCCCCC(C)C)CCCCCC(C)C)cc2)c1. The Morgan fingerprint density at radius 2 is 1.20 bits per heavy atom. The number of phenolic OH excluding ortho intramolecular Hbond substituents is 1. The van der Waals surface area contributed by atoms with Crippen LogP contribution in [0.1, 0.15) is 154 Å². The molecule has 0 spiro atoms. The molecule has 2 aromatic rings. The molecule has 0 saturated carbocycles. The number of aromatic hydroxyl groups is 1. The highest BCUT2D eigenvalue weighted by Gasteiger charge is 2.24. The van der Waals surface area contributed by atoms with Crippen LogP contribution in [0.2, 0.25) is 0 Å². The van der Waals surface area contributed by atoms with E-state index in [9.17, 15) is 9.67 Å². The molecule has 0 fully saturated rings. The quantitative estimate of drug-likeness (QED) is 0.111. The minimum atomic E-state index is -2.41. The lowest BCUT2D eigenvalue weighted by Gasteiger charge is -2.21. The Kier molecular flexibility index (Phi) is 17.1. The lowest BCUT2D eigenvalue weighted by Crippen LogP contribution is -2.12. The van der Waals surface area contributed by atoms with Gasteiger partial charge in [-0.2, -0.15) is 0 Å². The van der Waals surface area contributed by atoms with Gasteiger partial charge < -0.3 is 9.67 Å². The predicted octanol–water partition coefficient (Wildman–Crippen LogP) is 11.9. The summed E-state index contributed by atoms with van der Waals surface area (Å²) in [5.74, 6) is 1.96. The number of hydrogen-bond donors (Lipinski definition) is 1. The van der Waals surface area contributed by atoms with Crippen LogP contribution in [0.25, 0.3) is 0 Å². The van der Waals surface area contributed by atoms with Crippen LogP contribution in [0.4, 0.5) is 0 Å². The molecule has 3 heteroatoms. The summed E-state index contributed by atoms with van der Waals surface area (Å²) in [6, 6.07) is 14.8. The van der Waals surface area contributed by atoms with E-state index < -0.39 is 7.14 Å². The Labute approximate surface area is 254 Å². The molecule has 0 aliphatic rings. The van der Waals surface area contributed by atoms with Crippen LogP contribution < -0.4 is 5.30 Å². The molecule has 2 nitrogen and oxygen atoms in total. The average Bonchev–Trinajstić information content (AvgIpc) is 2.94. The second-order valence-corrected chi connectivity index (χ2v) is 16.7. The topological polar surface area (TPSA) is 37.3 Å². The fourth-order valence-electron chi connectivity index (χ4n) is 5.99. The molecule has 0 aliphatic heterocycles. The van der Waals surface area contributed by atoms with Crippen LogP contribution in [-0.4, -0.2) is 17.4 Å². The van der Waals surface area contributed by atoms with E-state index in [0.29, 0.717) is 5.75 Å². The summed E-state index contributed by atoms with van der Waals surface area (Å²) in [6.07, 6.45) is 20.0. The fraction of sp³-hybridized carbons (Fsp3) is 0.684. The van der Waals surface area contributed by atoms with Crippen LogP contribution >= 0.6 is 7.14 Å². The highest BCUT2D eigenvalue weighted by Crippen LogP contribution is 2.47. The monoisotopic (exact) mass is 582 g/mol. The van der Waals surface area contributed by atoms with Crippen LogP contribution in [0.15, 0.2) is 42.5 Å². The van der Waals surface area contributed by atoms with E-state index in [1.54, 1.807) is 0 Å². The number of hydrogen-bond acceptors (Lipinski definition) is 2. The van der Waals surface area contributed by atoms with Crippen LogP contribution in [0, 0.1) is 11.8 Å². The van der Waals surface area contributed by atoms with Crippen molar-refractivity contribution in [1.29, 1.82) is 0 Å². The molecule has 0 heterocycles. The second-order valence-electron chi connectivity index (χ2n) is 13.5. The van der Waals surface area contributed by atoms with Gasteiger partial charge in [-0.05, 0) is 54.7 Å². The van der Waals surface area contributed by atoms with Gasteiger partial charge in [0.15, 0.2) is 0 Å². The second kappa shape index (κ2) is 19.6. The van der Waals surface area contributed by atoms with Crippen molar-refractivity contribution in [1.82, 2.24) is 0 Å². The smallest absolute Gasteiger partial charge is 0.119 e. The fourth-order valence-corrected chi connectivity index (χ4v) is 8.89. The van der Waals surface area contributed by atoms with Gasteiger partial charge in [0, 0.05) is 29.1 Å². The molecule has 232 valence electrons. The van der Waals surface area contributed by atoms with Gasteiger partial charge >= 0.3 is 0 Å². The zero-order chi connectivity index (χ0) is 30.1. The van der Waals surface area contributed by atoms with Gasteiger partial charge in [-0.25, -0.2) is 0 Å². The number of benzene rings is 2. The van der Waals surface area contributed by atoms with Crippen molar-refractivity contribution in [2.75, 3.05) is 12.3 Å². The first-order valence-electron chi connectivity index (χ1n) is 17.2. The number of phenols is 1. The van der Waals surface area contributed by atoms with E-state index in [4.69, 9.17) is 0 Å². The first-order chi connectivity index (χ1) is 19.7. The van der Waals surface area contributed by atoms with Crippen molar-refractivity contribution in [2.45, 2.75) is 144 Å². The van der Waals surface area contributed by atoms with Crippen LogP contribution in [0.5, 0.6) is 5.75 Å². The molecule has 1 unspecified atom stereocenters. The molecule has 2 aromatic carbocycles. The highest BCUT2D eigenvalue weighted by atomic mass is 31.2. The van der Waals surface area contributed by atoms with Crippen molar-refractivity contribution in [3.63, 3.8) is 0 Å². The summed E-state index contributed by atoms with van der Waals surface area (Å²) >= 11 is 0. The molecule has 2 rings (SSSR count). The van der Waals surface area contributed by atoms with E-state index in [1.807, 2.05) is 6.07 Å². The van der Waals surface area contributed by atoms with Crippen molar-refractivity contribution in [3.05, 3.63) is 59.2 Å². The molecule has 0 aromatic heterocycles. The summed E-state index contributed by atoms with van der Waals surface area (Å²) in [5, 5.41) is 11.8. The summed E-state index contributed by atoms with van der Waals surface area (Å²) in [5.41, 5.74) is 3.50. The summed E-state index contributed by atoms with van der Waals surface area (Å²) in [6.45, 7) is 13.6. The van der Waals surface area contributed by atoms with E-state index in [2.05, 4.69) is 77.9 Å². The van der Waals surface area contributed by atoms with Crippen molar-refractivity contribution in [2.24, 2.45) is 11.8 Å². The molecule has 0 amide bonds. The zero-order valence-corrected chi connectivity index (χ0v) is 28.5. The van der Waals surface area contributed by atoms with E-state index in [-0.39, 0.29) is 5.92 Å². The van der Waals surface area contributed by atoms with Crippen LogP contribution in [-0.2, 0) is 11.0 Å². The Hall–Kier alpha value is -1.53. The van der Waals surface area contributed by atoms with Gasteiger partial charge in [0.1, 0.15) is 12.9 Å². The first-order valence-corrected chi connectivity index (χ1v) is 19.2. The number of unbranched alkanes of at least 4 members (excludes halogenated alkanes) is 9. The highest BCUT2D eigenvalue weighted by molar-refractivity contribution is 7.71. The molecule has 0 bridgehead atoms. The normalized spacial score (nSPS) is 12.9. The number of aryl methyl sites for hydroxylation is 1. The maximum Gasteiger partial charge on any atom is 0.119 e. The molecule has 0 aliphatic carbocycles. The third kappa shape index (κ3) is 13.5. The van der Waals surface area contributed by atoms with Gasteiger partial charge in [-0.15, -0.1) is 0 Å². The van der Waals surface area contributed by atoms with Crippen molar-refractivity contribution in [3.8, 4) is 5.75 Å². The minimum Gasteiger partial charge on any atom is -0.508 e. The predicted molar refractivity (Wildman–Crippen MR) is 183 cm³/mol. The third-order valence-electron chi connectivity index (χ3n) is 8.84. The van der Waals surface area contributed by atoms with Gasteiger partial charge in [0.2, 0.25) is 0 Å². The van der Waals surface area contributed by atoms with Crippen molar-refractivity contribution < 1.29 is 9.67 Å². The Balaban J connectivity index is 2.08. The first kappa shape index (κ1) is 35.7. The van der Waals surface area contributed by atoms with Gasteiger partial charge in [0.05, 0.1) is 0 Å². The van der Waals surface area contributed by atoms with Gasteiger partial charge in [-0.3, -0.25) is 0 Å². The summed E-state index contributed by atoms with van der Waals surface area (Å²) in [7, 11) is -2.41. The minimum absolute atomic E-state index is 0.0972. The molecule has 0 radical (unpaired) electrons. The van der Waals surface area contributed by atoms with E-state index in [0.717, 1.165) is 54.3 Å². The average molecular weight is 583 g/mol. The van der Waals surface area contributed by atoms with Crippen molar-refractivity contribution >= 4 is 12.4 Å². The molecule has 0 saturated heterocycles. The zero-order valence-electron chi connectivity index (χ0n) is 27.6. The molecular formula is C38H63O2P. The lowest BCUT2D eigenvalue weighted by atomic mass is 9.90. The third-order valence-corrected chi connectivity index (χ3v) is 12.2. The van der Waals surface area contributed by atoms with E-state index >= 15 is 0 Å². The largest absolute Gasteiger partial charge is 0.508 e. The maximum absolute atomic E-state index is 14.4. The molecule has 1 atom stereocenters. The number of rotatable bonds is 22. The van der Waals surface area contributed by atoms with Gasteiger partial charge in [-0.1, -0.05) is 149 Å². The lowest BCUT2D eigenvalue weighted by molar-refractivity contribution is 0.465. The van der Waals surface area contributed by atoms with Gasteiger partial charge in [0.25, 0.3) is 0 Å². The standard InChI is InChI=1S/C38H63O2P/c1-7-8-9-10-11-16-21-34-22-27-38(39)37(30-34)33(6)35-23-25-36(26-24-35)41(40,28-17-12-14-19-31(2)3)29-18-13-15-20-32(4)5/h22-27,30-33,39H,7-21,28-29H2,1-6H3. The summed E-state index contributed by atoms with van der Waals surface area (Å²) < 4.78 is 14.4. The maximum atomic E-state index is 14.4. The summed E-state index contributed by atoms with van der Waals surface area (Å²) in [4.78, 5) is 0. The molecule has 41 heavy (non-hydrogen) atoms. The Bertz CT molecular complexity index is 985. The molecule has 1 N–H and O–H groups in total. The Morgan fingerprint density at radius 3 is 1.76 bits per heavy atom.